The fraction of sp³-hybridized carbons (Fsp3) is 0.889. The summed E-state index contributed by atoms with van der Waals surface area (Å²) >= 11 is 37.4. The van der Waals surface area contributed by atoms with Crippen LogP contribution in [-0.2, 0) is 9.47 Å². The number of hydrogen-bond donors (Lipinski definition) is 4. The first-order valence-corrected chi connectivity index (χ1v) is 8.36. The molecule has 0 aromatic heterocycles. The van der Waals surface area contributed by atoms with Crippen LogP contribution >= 0.6 is 81.8 Å². The Bertz CT molecular complexity index is 311. The molecule has 0 aliphatic carbocycles. The van der Waals surface area contributed by atoms with Crippen LogP contribution in [0.2, 0.25) is 0 Å². The second-order valence-electron chi connectivity index (χ2n) is 3.71. The number of halogens is 6. The van der Waals surface area contributed by atoms with Crippen LogP contribution in [0.25, 0.3) is 0 Å². The molecule has 0 aliphatic heterocycles. The Morgan fingerprint density at radius 3 is 1.45 bits per heavy atom. The number of nitrogens with one attached hydrogen (secondary N) is 2. The summed E-state index contributed by atoms with van der Waals surface area (Å²) in [5.41, 5.74) is 0. The highest BCUT2D eigenvalue weighted by Crippen LogP contribution is 2.31. The Labute approximate surface area is 163 Å². The summed E-state index contributed by atoms with van der Waals surface area (Å²) < 4.78 is 5.88. The summed E-state index contributed by atoms with van der Waals surface area (Å²) in [4.78, 5) is 0. The predicted octanol–water partition coefficient (Wildman–Crippen LogP) is 1.86. The van der Waals surface area contributed by atoms with E-state index < -0.39 is 20.2 Å². The number of alkyl halides is 6. The maximum atomic E-state index is 9.28. The molecule has 132 valence electrons. The highest BCUT2D eigenvalue weighted by Gasteiger charge is 2.32. The normalized spacial score (nSPS) is 15.3. The molecule has 2 unspecified atom stereocenters. The van der Waals surface area contributed by atoms with E-state index >= 15 is 0 Å². The Morgan fingerprint density at radius 2 is 1.18 bits per heavy atom. The van der Waals surface area contributed by atoms with Crippen LogP contribution in [0.4, 0.5) is 0 Å². The zero-order valence-electron chi connectivity index (χ0n) is 10.9. The molecule has 0 saturated heterocycles. The molecule has 0 amide bonds. The average Bonchev–Trinajstić information content (AvgIpc) is 2.36. The Kier molecular flexibility index (Phi) is 11.6. The standard InChI is InChI=1S/C9H14Cl6N2O4S/c10-8(11,12)5(18)20-3-1-16-7(22)17-2-4-21-6(19)9(13,14)15/h5-6,18-19H,1-4H2,(H2,16,17,22). The minimum absolute atomic E-state index is 0.0549. The first-order valence-electron chi connectivity index (χ1n) is 5.69. The number of rotatable bonds is 8. The molecule has 0 radical (unpaired) electrons. The van der Waals surface area contributed by atoms with Crippen LogP contribution in [0.15, 0.2) is 0 Å². The van der Waals surface area contributed by atoms with Gasteiger partial charge in [0.25, 0.3) is 0 Å². The first-order chi connectivity index (χ1) is 9.94. The van der Waals surface area contributed by atoms with Crippen molar-refractivity contribution in [3.05, 3.63) is 0 Å². The van der Waals surface area contributed by atoms with E-state index in [1.54, 1.807) is 0 Å². The van der Waals surface area contributed by atoms with Crippen molar-refractivity contribution in [1.29, 1.82) is 0 Å². The lowest BCUT2D eigenvalue weighted by molar-refractivity contribution is -0.0933. The average molecular weight is 459 g/mol. The van der Waals surface area contributed by atoms with E-state index in [0.717, 1.165) is 0 Å². The third-order valence-corrected chi connectivity index (χ3v) is 3.30. The van der Waals surface area contributed by atoms with Crippen LogP contribution in [0.1, 0.15) is 0 Å². The van der Waals surface area contributed by atoms with Crippen molar-refractivity contribution in [3.8, 4) is 0 Å². The second-order valence-corrected chi connectivity index (χ2v) is 8.86. The molecule has 0 aliphatic rings. The highest BCUT2D eigenvalue weighted by atomic mass is 35.6. The fourth-order valence-electron chi connectivity index (χ4n) is 0.922. The van der Waals surface area contributed by atoms with Crippen molar-refractivity contribution in [2.24, 2.45) is 0 Å². The zero-order chi connectivity index (χ0) is 17.4. The van der Waals surface area contributed by atoms with Crippen LogP contribution in [-0.4, -0.2) is 61.8 Å². The quantitative estimate of drug-likeness (QED) is 0.191. The number of aliphatic hydroxyl groups is 2. The van der Waals surface area contributed by atoms with E-state index in [2.05, 4.69) is 10.6 Å². The summed E-state index contributed by atoms with van der Waals surface area (Å²) in [5, 5.41) is 24.4. The van der Waals surface area contributed by atoms with Gasteiger partial charge in [-0.05, 0) is 12.2 Å². The first kappa shape index (κ1) is 23.3. The van der Waals surface area contributed by atoms with E-state index in [9.17, 15) is 10.2 Å². The lowest BCUT2D eigenvalue weighted by Crippen LogP contribution is -2.40. The van der Waals surface area contributed by atoms with Crippen LogP contribution in [0.3, 0.4) is 0 Å². The summed E-state index contributed by atoms with van der Waals surface area (Å²) in [6, 6.07) is 0. The van der Waals surface area contributed by atoms with Crippen LogP contribution in [0, 0.1) is 0 Å². The second kappa shape index (κ2) is 11.0. The van der Waals surface area contributed by atoms with Crippen molar-refractivity contribution in [2.75, 3.05) is 26.3 Å². The third kappa shape index (κ3) is 11.8. The fourth-order valence-corrected chi connectivity index (χ4v) is 1.50. The monoisotopic (exact) mass is 456 g/mol. The van der Waals surface area contributed by atoms with Gasteiger partial charge in [-0.2, -0.15) is 0 Å². The minimum Gasteiger partial charge on any atom is -0.365 e. The van der Waals surface area contributed by atoms with Crippen molar-refractivity contribution in [2.45, 2.75) is 20.2 Å². The summed E-state index contributed by atoms with van der Waals surface area (Å²) in [5.74, 6) is 0. The Morgan fingerprint density at radius 1 is 0.864 bits per heavy atom. The van der Waals surface area contributed by atoms with E-state index in [1.807, 2.05) is 0 Å². The molecule has 0 aromatic rings. The largest absolute Gasteiger partial charge is 0.365 e. The molecule has 13 heteroatoms. The smallest absolute Gasteiger partial charge is 0.240 e. The topological polar surface area (TPSA) is 83.0 Å². The van der Waals surface area contributed by atoms with Gasteiger partial charge in [0.15, 0.2) is 5.11 Å². The van der Waals surface area contributed by atoms with Crippen molar-refractivity contribution in [1.82, 2.24) is 10.6 Å². The van der Waals surface area contributed by atoms with Crippen LogP contribution in [0.5, 0.6) is 0 Å². The van der Waals surface area contributed by atoms with Gasteiger partial charge >= 0.3 is 0 Å². The van der Waals surface area contributed by atoms with Crippen molar-refractivity contribution < 1.29 is 19.7 Å². The molecule has 0 rings (SSSR count). The molecular weight excluding hydrogens is 445 g/mol. The highest BCUT2D eigenvalue weighted by molar-refractivity contribution is 7.80. The van der Waals surface area contributed by atoms with E-state index in [1.165, 1.54) is 0 Å². The Hall–Kier alpha value is 1.27. The molecule has 0 bridgehead atoms. The maximum Gasteiger partial charge on any atom is 0.240 e. The van der Waals surface area contributed by atoms with E-state index in [-0.39, 0.29) is 26.3 Å². The summed E-state index contributed by atoms with van der Waals surface area (Å²) in [6.45, 7) is 0.640. The zero-order valence-corrected chi connectivity index (χ0v) is 16.2. The SMILES string of the molecule is OC(OCCNC(=S)NCCOC(O)C(Cl)(Cl)Cl)C(Cl)(Cl)Cl. The third-order valence-electron chi connectivity index (χ3n) is 1.89. The maximum absolute atomic E-state index is 9.28. The number of ether oxygens (including phenoxy) is 2. The molecule has 0 fully saturated rings. The molecule has 2 atom stereocenters. The predicted molar refractivity (Wildman–Crippen MR) is 93.1 cm³/mol. The molecular formula is C9H14Cl6N2O4S. The van der Waals surface area contributed by atoms with E-state index in [4.69, 9.17) is 91.3 Å². The number of thiocarbonyl (C=S) groups is 1. The number of aliphatic hydroxyl groups excluding tert-OH is 2. The molecule has 0 saturated carbocycles. The van der Waals surface area contributed by atoms with Gasteiger partial charge in [0.2, 0.25) is 20.2 Å². The van der Waals surface area contributed by atoms with Gasteiger partial charge in [-0.15, -0.1) is 0 Å². The van der Waals surface area contributed by atoms with Gasteiger partial charge < -0.3 is 30.3 Å². The van der Waals surface area contributed by atoms with Gasteiger partial charge in [-0.25, -0.2) is 0 Å². The minimum atomic E-state index is -1.92. The lowest BCUT2D eigenvalue weighted by atomic mass is 10.6. The summed E-state index contributed by atoms with van der Waals surface area (Å²) in [6.07, 6.45) is -3.09. The van der Waals surface area contributed by atoms with Crippen molar-refractivity contribution >= 4 is 86.9 Å². The molecule has 6 nitrogen and oxygen atoms in total. The van der Waals surface area contributed by atoms with Gasteiger partial charge in [0.05, 0.1) is 13.2 Å². The molecule has 4 N–H and O–H groups in total. The van der Waals surface area contributed by atoms with Gasteiger partial charge in [0, 0.05) is 13.1 Å². The molecule has 0 aromatic carbocycles. The number of hydrogen-bond acceptors (Lipinski definition) is 5. The van der Waals surface area contributed by atoms with Gasteiger partial charge in [0.1, 0.15) is 0 Å². The van der Waals surface area contributed by atoms with Gasteiger partial charge in [-0.1, -0.05) is 69.6 Å². The van der Waals surface area contributed by atoms with E-state index in [0.29, 0.717) is 5.11 Å². The molecule has 0 heterocycles. The van der Waals surface area contributed by atoms with Crippen molar-refractivity contribution in [3.63, 3.8) is 0 Å². The van der Waals surface area contributed by atoms with Crippen LogP contribution < -0.4 is 10.6 Å². The van der Waals surface area contributed by atoms with Gasteiger partial charge in [-0.3, -0.25) is 0 Å². The molecule has 0 spiro atoms. The molecule has 22 heavy (non-hydrogen) atoms. The summed E-state index contributed by atoms with van der Waals surface area (Å²) in [7, 11) is 0. The lowest BCUT2D eigenvalue weighted by Gasteiger charge is -2.20. The Balaban J connectivity index is 3.64.